The summed E-state index contributed by atoms with van der Waals surface area (Å²) in [5.41, 5.74) is 6.17. The molecule has 0 radical (unpaired) electrons. The lowest BCUT2D eigenvalue weighted by Gasteiger charge is -2.21. The highest BCUT2D eigenvalue weighted by Crippen LogP contribution is 2.28. The van der Waals surface area contributed by atoms with E-state index in [0.717, 1.165) is 5.56 Å². The Morgan fingerprint density at radius 3 is 2.40 bits per heavy atom. The Morgan fingerprint density at radius 1 is 1.03 bits per heavy atom. The molecule has 2 aromatic rings. The molecular weight excluding hydrogens is 384 g/mol. The van der Waals surface area contributed by atoms with Crippen LogP contribution in [0.3, 0.4) is 0 Å². The zero-order valence-corrected chi connectivity index (χ0v) is 18.4. The summed E-state index contributed by atoms with van der Waals surface area (Å²) in [6.07, 6.45) is -0.796. The number of rotatable bonds is 7. The molecular formula is C23H30N2O5. The number of ether oxygens (including phenoxy) is 3. The van der Waals surface area contributed by atoms with Crippen molar-refractivity contribution in [3.63, 3.8) is 0 Å². The van der Waals surface area contributed by atoms with Gasteiger partial charge >= 0.3 is 0 Å². The Labute approximate surface area is 177 Å². The smallest absolute Gasteiger partial charge is 0.279 e. The van der Waals surface area contributed by atoms with E-state index in [1.807, 2.05) is 25.1 Å². The molecule has 2 aromatic carbocycles. The topological polar surface area (TPSA) is 85.9 Å². The van der Waals surface area contributed by atoms with Crippen LogP contribution < -0.4 is 25.1 Å². The molecule has 7 heteroatoms. The van der Waals surface area contributed by atoms with E-state index in [1.165, 1.54) is 7.11 Å². The summed E-state index contributed by atoms with van der Waals surface area (Å²) in [5, 5.41) is 0. The molecule has 0 aromatic heterocycles. The molecule has 0 aliphatic carbocycles. The van der Waals surface area contributed by atoms with Crippen molar-refractivity contribution in [2.24, 2.45) is 0 Å². The molecule has 1 atom stereocenters. The lowest BCUT2D eigenvalue weighted by Crippen LogP contribution is -2.47. The molecule has 0 saturated carbocycles. The summed E-state index contributed by atoms with van der Waals surface area (Å²) >= 11 is 0. The average Bonchev–Trinajstić information content (AvgIpc) is 2.71. The molecule has 2 rings (SSSR count). The third-order valence-corrected chi connectivity index (χ3v) is 4.41. The zero-order chi connectivity index (χ0) is 22.3. The normalized spacial score (nSPS) is 11.9. The number of benzene rings is 2. The molecule has 7 nitrogen and oxygen atoms in total. The summed E-state index contributed by atoms with van der Waals surface area (Å²) in [6, 6.07) is 12.4. The fourth-order valence-electron chi connectivity index (χ4n) is 2.67. The van der Waals surface area contributed by atoms with Gasteiger partial charge in [0.2, 0.25) is 0 Å². The maximum Gasteiger partial charge on any atom is 0.279 e. The molecule has 0 heterocycles. The van der Waals surface area contributed by atoms with Crippen LogP contribution in [0.4, 0.5) is 0 Å². The minimum Gasteiger partial charge on any atom is -0.493 e. The van der Waals surface area contributed by atoms with E-state index in [9.17, 15) is 9.59 Å². The van der Waals surface area contributed by atoms with Crippen molar-refractivity contribution in [2.45, 2.75) is 46.1 Å². The van der Waals surface area contributed by atoms with E-state index in [4.69, 9.17) is 14.2 Å². The van der Waals surface area contributed by atoms with Crippen LogP contribution in [0.25, 0.3) is 0 Å². The van der Waals surface area contributed by atoms with Gasteiger partial charge in [0.1, 0.15) is 5.75 Å². The molecule has 30 heavy (non-hydrogen) atoms. The second-order valence-electron chi connectivity index (χ2n) is 7.78. The number of methoxy groups -OCH3 is 1. The van der Waals surface area contributed by atoms with Crippen molar-refractivity contribution < 1.29 is 23.8 Å². The minimum atomic E-state index is -0.796. The number of hydrogen-bond donors (Lipinski definition) is 2. The molecule has 2 amide bonds. The second kappa shape index (κ2) is 10.0. The summed E-state index contributed by atoms with van der Waals surface area (Å²) in [7, 11) is 1.50. The Kier molecular flexibility index (Phi) is 7.69. The first kappa shape index (κ1) is 23.1. The van der Waals surface area contributed by atoms with Crippen LogP contribution in [-0.4, -0.2) is 31.6 Å². The molecule has 1 unspecified atom stereocenters. The number of amides is 2. The summed E-state index contributed by atoms with van der Waals surface area (Å²) in [5.74, 6) is 0.619. The predicted octanol–water partition coefficient (Wildman–Crippen LogP) is 3.62. The van der Waals surface area contributed by atoms with Gasteiger partial charge in [-0.2, -0.15) is 0 Å². The van der Waals surface area contributed by atoms with Crippen molar-refractivity contribution in [2.75, 3.05) is 13.7 Å². The largest absolute Gasteiger partial charge is 0.493 e. The summed E-state index contributed by atoms with van der Waals surface area (Å²) in [6.45, 7) is 10.3. The monoisotopic (exact) mass is 414 g/mol. The van der Waals surface area contributed by atoms with Crippen molar-refractivity contribution in [3.05, 3.63) is 53.6 Å². The molecule has 0 spiro atoms. The van der Waals surface area contributed by atoms with E-state index in [2.05, 4.69) is 31.6 Å². The van der Waals surface area contributed by atoms with Gasteiger partial charge in [-0.1, -0.05) is 32.9 Å². The van der Waals surface area contributed by atoms with Crippen molar-refractivity contribution in [3.8, 4) is 17.2 Å². The Hall–Kier alpha value is -3.22. The maximum atomic E-state index is 12.4. The maximum absolute atomic E-state index is 12.4. The Bertz CT molecular complexity index is 889. The molecule has 0 bridgehead atoms. The Morgan fingerprint density at radius 2 is 1.77 bits per heavy atom. The van der Waals surface area contributed by atoms with Gasteiger partial charge in [0.15, 0.2) is 17.6 Å². The highest BCUT2D eigenvalue weighted by molar-refractivity contribution is 5.96. The van der Waals surface area contributed by atoms with Crippen LogP contribution >= 0.6 is 0 Å². The zero-order valence-electron chi connectivity index (χ0n) is 18.4. The van der Waals surface area contributed by atoms with Crippen LogP contribution in [0.1, 0.15) is 50.5 Å². The molecule has 0 aliphatic heterocycles. The van der Waals surface area contributed by atoms with Crippen LogP contribution in [0, 0.1) is 0 Å². The fourth-order valence-corrected chi connectivity index (χ4v) is 2.67. The highest BCUT2D eigenvalue weighted by atomic mass is 16.5. The van der Waals surface area contributed by atoms with Crippen molar-refractivity contribution in [1.82, 2.24) is 10.9 Å². The SMILES string of the molecule is CCOc1ccc(C(=O)NNC(=O)C(C)Oc2cccc(C(C)(C)C)c2)cc1OC. The van der Waals surface area contributed by atoms with E-state index < -0.39 is 17.9 Å². The van der Waals surface area contributed by atoms with Crippen LogP contribution in [-0.2, 0) is 10.2 Å². The molecule has 2 N–H and O–H groups in total. The van der Waals surface area contributed by atoms with Gasteiger partial charge in [0, 0.05) is 5.56 Å². The van der Waals surface area contributed by atoms with Crippen LogP contribution in [0.2, 0.25) is 0 Å². The van der Waals surface area contributed by atoms with Gasteiger partial charge in [-0.15, -0.1) is 0 Å². The van der Waals surface area contributed by atoms with Crippen molar-refractivity contribution >= 4 is 11.8 Å². The van der Waals surface area contributed by atoms with E-state index in [0.29, 0.717) is 29.4 Å². The first-order valence-corrected chi connectivity index (χ1v) is 9.84. The summed E-state index contributed by atoms with van der Waals surface area (Å²) < 4.78 is 16.4. The molecule has 0 saturated heterocycles. The van der Waals surface area contributed by atoms with Gasteiger partial charge in [-0.05, 0) is 55.2 Å². The first-order chi connectivity index (χ1) is 14.2. The quantitative estimate of drug-likeness (QED) is 0.676. The predicted molar refractivity (Wildman–Crippen MR) is 115 cm³/mol. The molecule has 162 valence electrons. The third-order valence-electron chi connectivity index (χ3n) is 4.41. The van der Waals surface area contributed by atoms with Crippen LogP contribution in [0.15, 0.2) is 42.5 Å². The van der Waals surface area contributed by atoms with Gasteiger partial charge in [-0.3, -0.25) is 20.4 Å². The lowest BCUT2D eigenvalue weighted by atomic mass is 9.87. The highest BCUT2D eigenvalue weighted by Gasteiger charge is 2.19. The van der Waals surface area contributed by atoms with Crippen molar-refractivity contribution in [1.29, 1.82) is 0 Å². The number of hydrogen-bond acceptors (Lipinski definition) is 5. The molecule has 0 aliphatic rings. The standard InChI is InChI=1S/C23H30N2O5/c1-7-29-19-12-11-16(13-20(19)28-6)22(27)25-24-21(26)15(2)30-18-10-8-9-17(14-18)23(3,4)5/h8-15H,7H2,1-6H3,(H,24,26)(H,25,27). The number of carbonyl (C=O) groups excluding carboxylic acids is 2. The van der Waals surface area contributed by atoms with Gasteiger partial charge in [0.05, 0.1) is 13.7 Å². The minimum absolute atomic E-state index is 0.0301. The molecule has 0 fully saturated rings. The van der Waals surface area contributed by atoms with E-state index >= 15 is 0 Å². The lowest BCUT2D eigenvalue weighted by molar-refractivity contribution is -0.128. The number of carbonyl (C=O) groups is 2. The van der Waals surface area contributed by atoms with E-state index in [-0.39, 0.29) is 5.41 Å². The average molecular weight is 415 g/mol. The first-order valence-electron chi connectivity index (χ1n) is 9.84. The summed E-state index contributed by atoms with van der Waals surface area (Å²) in [4.78, 5) is 24.7. The second-order valence-corrected chi connectivity index (χ2v) is 7.78. The van der Waals surface area contributed by atoms with Crippen LogP contribution in [0.5, 0.6) is 17.2 Å². The third kappa shape index (κ3) is 6.14. The van der Waals surface area contributed by atoms with Gasteiger partial charge in [-0.25, -0.2) is 0 Å². The fraction of sp³-hybridized carbons (Fsp3) is 0.391. The Balaban J connectivity index is 1.96. The van der Waals surface area contributed by atoms with Gasteiger partial charge in [0.25, 0.3) is 11.8 Å². The number of nitrogens with one attached hydrogen (secondary N) is 2. The van der Waals surface area contributed by atoms with Gasteiger partial charge < -0.3 is 14.2 Å². The number of hydrazine groups is 1. The van der Waals surface area contributed by atoms with E-state index in [1.54, 1.807) is 31.2 Å².